The third-order valence-corrected chi connectivity index (χ3v) is 4.60. The average molecular weight is 339 g/mol. The summed E-state index contributed by atoms with van der Waals surface area (Å²) in [6.07, 6.45) is 2.55. The summed E-state index contributed by atoms with van der Waals surface area (Å²) in [6.45, 7) is 7.06. The van der Waals surface area contributed by atoms with Gasteiger partial charge in [-0.15, -0.1) is 0 Å². The first kappa shape index (κ1) is 17.2. The van der Waals surface area contributed by atoms with Crippen molar-refractivity contribution in [2.24, 2.45) is 0 Å². The first-order valence-corrected chi connectivity index (χ1v) is 8.85. The van der Waals surface area contributed by atoms with Gasteiger partial charge in [-0.2, -0.15) is 0 Å². The standard InChI is InChI=1S/C19H25N5O/c1-3-15(2)22-19(25)24-11-9-23(10-12-24)18-13-17(20-14-21-18)16-7-5-4-6-8-16/h4-8,13-15H,3,9-12H2,1-2H3,(H,22,25)/t15-/m1/s1. The highest BCUT2D eigenvalue weighted by Crippen LogP contribution is 2.21. The Labute approximate surface area is 148 Å². The molecule has 0 unspecified atom stereocenters. The number of benzene rings is 1. The maximum Gasteiger partial charge on any atom is 0.317 e. The Bertz CT molecular complexity index is 698. The molecule has 0 aliphatic carbocycles. The van der Waals surface area contributed by atoms with Gasteiger partial charge in [0.25, 0.3) is 0 Å². The zero-order chi connectivity index (χ0) is 17.6. The van der Waals surface area contributed by atoms with Crippen molar-refractivity contribution >= 4 is 11.8 Å². The number of anilines is 1. The van der Waals surface area contributed by atoms with E-state index in [0.717, 1.165) is 36.6 Å². The number of urea groups is 1. The second kappa shape index (κ2) is 7.96. The highest BCUT2D eigenvalue weighted by Gasteiger charge is 2.22. The van der Waals surface area contributed by atoms with Crippen molar-refractivity contribution in [1.29, 1.82) is 0 Å². The van der Waals surface area contributed by atoms with E-state index in [1.54, 1.807) is 6.33 Å². The second-order valence-corrected chi connectivity index (χ2v) is 6.36. The van der Waals surface area contributed by atoms with Crippen molar-refractivity contribution in [3.63, 3.8) is 0 Å². The van der Waals surface area contributed by atoms with Gasteiger partial charge < -0.3 is 15.1 Å². The van der Waals surface area contributed by atoms with Gasteiger partial charge in [-0.1, -0.05) is 37.3 Å². The molecule has 0 radical (unpaired) electrons. The number of carbonyl (C=O) groups is 1. The van der Waals surface area contributed by atoms with Crippen LogP contribution in [0.2, 0.25) is 0 Å². The lowest BCUT2D eigenvalue weighted by atomic mass is 10.1. The molecule has 1 N–H and O–H groups in total. The molecule has 6 nitrogen and oxygen atoms in total. The minimum Gasteiger partial charge on any atom is -0.353 e. The van der Waals surface area contributed by atoms with Crippen molar-refractivity contribution < 1.29 is 4.79 Å². The number of amides is 2. The molecule has 1 aliphatic rings. The minimum absolute atomic E-state index is 0.0293. The van der Waals surface area contributed by atoms with Crippen molar-refractivity contribution in [1.82, 2.24) is 20.2 Å². The Morgan fingerprint density at radius 3 is 2.56 bits per heavy atom. The largest absolute Gasteiger partial charge is 0.353 e. The van der Waals surface area contributed by atoms with Crippen molar-refractivity contribution in [3.05, 3.63) is 42.7 Å². The summed E-state index contributed by atoms with van der Waals surface area (Å²) in [4.78, 5) is 25.1. The molecule has 2 aromatic rings. The van der Waals surface area contributed by atoms with Gasteiger partial charge in [0.2, 0.25) is 0 Å². The molecule has 1 saturated heterocycles. The van der Waals surface area contributed by atoms with Crippen LogP contribution in [-0.4, -0.2) is 53.1 Å². The van der Waals surface area contributed by atoms with Crippen molar-refractivity contribution in [2.45, 2.75) is 26.3 Å². The first-order chi connectivity index (χ1) is 12.2. The monoisotopic (exact) mass is 339 g/mol. The van der Waals surface area contributed by atoms with Crippen LogP contribution in [0.15, 0.2) is 42.7 Å². The number of piperazine rings is 1. The van der Waals surface area contributed by atoms with Crippen LogP contribution in [0.25, 0.3) is 11.3 Å². The summed E-state index contributed by atoms with van der Waals surface area (Å²) in [5, 5.41) is 3.03. The molecule has 1 aromatic carbocycles. The average Bonchev–Trinajstić information content (AvgIpc) is 2.68. The lowest BCUT2D eigenvalue weighted by molar-refractivity contribution is 0.190. The number of rotatable bonds is 4. The van der Waals surface area contributed by atoms with Gasteiger partial charge in [0.1, 0.15) is 12.1 Å². The van der Waals surface area contributed by atoms with E-state index >= 15 is 0 Å². The Morgan fingerprint density at radius 1 is 1.16 bits per heavy atom. The highest BCUT2D eigenvalue weighted by molar-refractivity contribution is 5.75. The van der Waals surface area contributed by atoms with Gasteiger partial charge in [-0.25, -0.2) is 14.8 Å². The van der Waals surface area contributed by atoms with Crippen LogP contribution in [0.5, 0.6) is 0 Å². The molecule has 132 valence electrons. The summed E-state index contributed by atoms with van der Waals surface area (Å²) in [5.41, 5.74) is 2.00. The van der Waals surface area contributed by atoms with Crippen LogP contribution < -0.4 is 10.2 Å². The van der Waals surface area contributed by atoms with Crippen LogP contribution in [0.3, 0.4) is 0 Å². The van der Waals surface area contributed by atoms with Gasteiger partial charge in [0.15, 0.2) is 0 Å². The van der Waals surface area contributed by atoms with E-state index in [1.165, 1.54) is 0 Å². The van der Waals surface area contributed by atoms with Crippen LogP contribution in [0.4, 0.5) is 10.6 Å². The summed E-state index contributed by atoms with van der Waals surface area (Å²) in [7, 11) is 0. The summed E-state index contributed by atoms with van der Waals surface area (Å²) < 4.78 is 0. The maximum absolute atomic E-state index is 12.2. The Kier molecular flexibility index (Phi) is 5.48. The molecular formula is C19H25N5O. The van der Waals surface area contributed by atoms with Crippen molar-refractivity contribution in [2.75, 3.05) is 31.1 Å². The molecule has 0 bridgehead atoms. The normalized spacial score (nSPS) is 15.8. The zero-order valence-electron chi connectivity index (χ0n) is 14.9. The fourth-order valence-electron chi connectivity index (χ4n) is 2.83. The number of nitrogens with one attached hydrogen (secondary N) is 1. The Morgan fingerprint density at radius 2 is 1.88 bits per heavy atom. The van der Waals surface area contributed by atoms with E-state index in [-0.39, 0.29) is 12.1 Å². The number of hydrogen-bond donors (Lipinski definition) is 1. The Hall–Kier alpha value is -2.63. The van der Waals surface area contributed by atoms with E-state index in [0.29, 0.717) is 13.1 Å². The molecular weight excluding hydrogens is 314 g/mol. The highest BCUT2D eigenvalue weighted by atomic mass is 16.2. The van der Waals surface area contributed by atoms with E-state index in [9.17, 15) is 4.79 Å². The summed E-state index contributed by atoms with van der Waals surface area (Å²) >= 11 is 0. The van der Waals surface area contributed by atoms with E-state index in [4.69, 9.17) is 0 Å². The molecule has 1 fully saturated rings. The quantitative estimate of drug-likeness (QED) is 0.930. The number of carbonyl (C=O) groups excluding carboxylic acids is 1. The molecule has 2 amide bonds. The molecule has 0 saturated carbocycles. The predicted molar refractivity (Wildman–Crippen MR) is 99.5 cm³/mol. The lowest BCUT2D eigenvalue weighted by Crippen LogP contribution is -2.53. The molecule has 1 aliphatic heterocycles. The fourth-order valence-corrected chi connectivity index (χ4v) is 2.83. The van der Waals surface area contributed by atoms with E-state index in [1.807, 2.05) is 48.2 Å². The van der Waals surface area contributed by atoms with Gasteiger partial charge in [-0.3, -0.25) is 0 Å². The zero-order valence-corrected chi connectivity index (χ0v) is 14.9. The lowest BCUT2D eigenvalue weighted by Gasteiger charge is -2.35. The van der Waals surface area contributed by atoms with Crippen LogP contribution in [-0.2, 0) is 0 Å². The minimum atomic E-state index is 0.0293. The third kappa shape index (κ3) is 4.26. The molecule has 2 heterocycles. The fraction of sp³-hybridized carbons (Fsp3) is 0.421. The number of nitrogens with zero attached hydrogens (tertiary/aromatic N) is 4. The van der Waals surface area contributed by atoms with Crippen molar-refractivity contribution in [3.8, 4) is 11.3 Å². The number of hydrogen-bond acceptors (Lipinski definition) is 4. The van der Waals surface area contributed by atoms with Gasteiger partial charge in [0, 0.05) is 43.9 Å². The Balaban J connectivity index is 1.63. The molecule has 3 rings (SSSR count). The topological polar surface area (TPSA) is 61.4 Å². The van der Waals surface area contributed by atoms with E-state index in [2.05, 4.69) is 27.1 Å². The predicted octanol–water partition coefficient (Wildman–Crippen LogP) is 2.77. The molecule has 0 spiro atoms. The van der Waals surface area contributed by atoms with Crippen LogP contribution in [0, 0.1) is 0 Å². The summed E-state index contributed by atoms with van der Waals surface area (Å²) in [6, 6.07) is 12.4. The SMILES string of the molecule is CC[C@@H](C)NC(=O)N1CCN(c2cc(-c3ccccc3)ncn2)CC1. The molecule has 6 heteroatoms. The molecule has 25 heavy (non-hydrogen) atoms. The molecule has 1 aromatic heterocycles. The van der Waals surface area contributed by atoms with Gasteiger partial charge in [0.05, 0.1) is 5.69 Å². The first-order valence-electron chi connectivity index (χ1n) is 8.85. The number of aromatic nitrogens is 2. The molecule has 1 atom stereocenters. The van der Waals surface area contributed by atoms with Gasteiger partial charge >= 0.3 is 6.03 Å². The van der Waals surface area contributed by atoms with E-state index < -0.39 is 0 Å². The van der Waals surface area contributed by atoms with Gasteiger partial charge in [-0.05, 0) is 13.3 Å². The maximum atomic E-state index is 12.2. The third-order valence-electron chi connectivity index (χ3n) is 4.60. The summed E-state index contributed by atoms with van der Waals surface area (Å²) in [5.74, 6) is 0.913. The van der Waals surface area contributed by atoms with Crippen LogP contribution in [0.1, 0.15) is 20.3 Å². The second-order valence-electron chi connectivity index (χ2n) is 6.36. The van der Waals surface area contributed by atoms with Crippen LogP contribution >= 0.6 is 0 Å². The smallest absolute Gasteiger partial charge is 0.317 e.